The van der Waals surface area contributed by atoms with Crippen molar-refractivity contribution in [3.8, 4) is 0 Å². The molecule has 0 aromatic carbocycles. The van der Waals surface area contributed by atoms with Gasteiger partial charge in [0, 0.05) is 17.8 Å². The third-order valence-electron chi connectivity index (χ3n) is 2.48. The molecule has 4 nitrogen and oxygen atoms in total. The van der Waals surface area contributed by atoms with Crippen LogP contribution in [0.3, 0.4) is 0 Å². The van der Waals surface area contributed by atoms with Crippen LogP contribution in [0.25, 0.3) is 10.9 Å². The van der Waals surface area contributed by atoms with Gasteiger partial charge in [0.15, 0.2) is 5.15 Å². The zero-order valence-electron chi connectivity index (χ0n) is 10.8. The quantitative estimate of drug-likeness (QED) is 0.635. The van der Waals surface area contributed by atoms with Gasteiger partial charge in [0.2, 0.25) is 0 Å². The molecule has 2 rings (SSSR count). The van der Waals surface area contributed by atoms with Crippen molar-refractivity contribution >= 4 is 28.5 Å². The lowest BCUT2D eigenvalue weighted by atomic mass is 10.1. The fraction of sp³-hybridized carbons (Fsp3) is 0.385. The molecule has 0 radical (unpaired) electrons. The number of carbonyl (C=O) groups is 1. The highest BCUT2D eigenvalue weighted by Crippen LogP contribution is 2.27. The highest BCUT2D eigenvalue weighted by atomic mass is 35.5. The van der Waals surface area contributed by atoms with E-state index >= 15 is 0 Å². The second-order valence-electron chi connectivity index (χ2n) is 5.19. The average molecular weight is 267 g/mol. The topological polar surface area (TPSA) is 55.0 Å². The SMILES string of the molecule is Cc1c[nH]c2c(Cl)ncc(C(=O)OC(C)(C)C)c12. The van der Waals surface area contributed by atoms with Gasteiger partial charge in [-0.2, -0.15) is 0 Å². The number of aryl methyl sites for hydroxylation is 1. The van der Waals surface area contributed by atoms with Gasteiger partial charge >= 0.3 is 5.97 Å². The van der Waals surface area contributed by atoms with Crippen LogP contribution in [0.4, 0.5) is 0 Å². The molecule has 2 aromatic heterocycles. The predicted octanol–water partition coefficient (Wildman–Crippen LogP) is 3.48. The van der Waals surface area contributed by atoms with Gasteiger partial charge in [0.1, 0.15) is 5.60 Å². The summed E-state index contributed by atoms with van der Waals surface area (Å²) in [6, 6.07) is 0. The lowest BCUT2D eigenvalue weighted by Gasteiger charge is -2.19. The summed E-state index contributed by atoms with van der Waals surface area (Å²) < 4.78 is 5.36. The summed E-state index contributed by atoms with van der Waals surface area (Å²) >= 11 is 5.99. The minimum absolute atomic E-state index is 0.352. The van der Waals surface area contributed by atoms with Crippen molar-refractivity contribution in [1.82, 2.24) is 9.97 Å². The van der Waals surface area contributed by atoms with E-state index in [0.29, 0.717) is 16.2 Å². The van der Waals surface area contributed by atoms with E-state index in [2.05, 4.69) is 9.97 Å². The van der Waals surface area contributed by atoms with Crippen molar-refractivity contribution in [3.05, 3.63) is 28.7 Å². The molecule has 96 valence electrons. The molecule has 2 aromatic rings. The number of H-pyrrole nitrogens is 1. The van der Waals surface area contributed by atoms with Crippen LogP contribution in [-0.2, 0) is 4.74 Å². The molecule has 0 spiro atoms. The number of pyridine rings is 1. The molecule has 0 aliphatic rings. The highest BCUT2D eigenvalue weighted by Gasteiger charge is 2.22. The summed E-state index contributed by atoms with van der Waals surface area (Å²) in [6.07, 6.45) is 3.26. The predicted molar refractivity (Wildman–Crippen MR) is 71.0 cm³/mol. The minimum atomic E-state index is -0.534. The van der Waals surface area contributed by atoms with Gasteiger partial charge in [-0.25, -0.2) is 9.78 Å². The maximum atomic E-state index is 12.1. The van der Waals surface area contributed by atoms with Crippen molar-refractivity contribution in [2.24, 2.45) is 0 Å². The Hall–Kier alpha value is -1.55. The second-order valence-corrected chi connectivity index (χ2v) is 5.54. The number of rotatable bonds is 1. The van der Waals surface area contributed by atoms with E-state index in [-0.39, 0.29) is 5.97 Å². The fourth-order valence-electron chi connectivity index (χ4n) is 1.77. The number of hydrogen-bond acceptors (Lipinski definition) is 3. The Bertz CT molecular complexity index is 611. The summed E-state index contributed by atoms with van der Waals surface area (Å²) in [5.41, 5.74) is 1.50. The van der Waals surface area contributed by atoms with Gasteiger partial charge in [-0.3, -0.25) is 0 Å². The Kier molecular flexibility index (Phi) is 3.07. The molecule has 18 heavy (non-hydrogen) atoms. The van der Waals surface area contributed by atoms with Gasteiger partial charge < -0.3 is 9.72 Å². The molecule has 5 heteroatoms. The molecule has 0 aliphatic heterocycles. The molecule has 0 saturated heterocycles. The third-order valence-corrected chi connectivity index (χ3v) is 2.77. The summed E-state index contributed by atoms with van der Waals surface area (Å²) in [7, 11) is 0. The number of halogens is 1. The smallest absolute Gasteiger partial charge is 0.340 e. The van der Waals surface area contributed by atoms with Crippen LogP contribution in [0.15, 0.2) is 12.4 Å². The van der Waals surface area contributed by atoms with Gasteiger partial charge in [0.05, 0.1) is 11.1 Å². The van der Waals surface area contributed by atoms with E-state index in [1.165, 1.54) is 6.20 Å². The normalized spacial score (nSPS) is 11.8. The van der Waals surface area contributed by atoms with E-state index in [4.69, 9.17) is 16.3 Å². The number of nitrogens with zero attached hydrogens (tertiary/aromatic N) is 1. The number of nitrogens with one attached hydrogen (secondary N) is 1. The Morgan fingerprint density at radius 2 is 2.11 bits per heavy atom. The number of fused-ring (bicyclic) bond motifs is 1. The monoisotopic (exact) mass is 266 g/mol. The van der Waals surface area contributed by atoms with Crippen molar-refractivity contribution in [2.45, 2.75) is 33.3 Å². The molecule has 0 fully saturated rings. The molecular weight excluding hydrogens is 252 g/mol. The molecule has 0 amide bonds. The summed E-state index contributed by atoms with van der Waals surface area (Å²) in [4.78, 5) is 19.1. The van der Waals surface area contributed by atoms with Gasteiger partial charge in [-0.1, -0.05) is 11.6 Å². The Balaban J connectivity index is 2.55. The number of aromatic amines is 1. The summed E-state index contributed by atoms with van der Waals surface area (Å²) in [5.74, 6) is -0.389. The van der Waals surface area contributed by atoms with Crippen molar-refractivity contribution in [3.63, 3.8) is 0 Å². The van der Waals surface area contributed by atoms with Gasteiger partial charge in [-0.05, 0) is 33.3 Å². The third kappa shape index (κ3) is 2.34. The number of esters is 1. The van der Waals surface area contributed by atoms with Crippen LogP contribution in [0.1, 0.15) is 36.7 Å². The van der Waals surface area contributed by atoms with E-state index in [1.807, 2.05) is 27.7 Å². The number of hydrogen-bond donors (Lipinski definition) is 1. The highest BCUT2D eigenvalue weighted by molar-refractivity contribution is 6.34. The summed E-state index contributed by atoms with van der Waals surface area (Å²) in [5, 5.41) is 1.12. The maximum Gasteiger partial charge on any atom is 0.340 e. The molecule has 0 atom stereocenters. The number of aromatic nitrogens is 2. The second kappa shape index (κ2) is 4.28. The molecular formula is C13H15ClN2O2. The van der Waals surface area contributed by atoms with E-state index in [0.717, 1.165) is 10.9 Å². The van der Waals surface area contributed by atoms with Crippen LogP contribution in [0, 0.1) is 6.92 Å². The number of ether oxygens (including phenoxy) is 1. The molecule has 0 bridgehead atoms. The molecule has 2 heterocycles. The number of carbonyl (C=O) groups excluding carboxylic acids is 1. The first-order valence-corrected chi connectivity index (χ1v) is 6.03. The van der Waals surface area contributed by atoms with Crippen LogP contribution in [0.2, 0.25) is 5.15 Å². The van der Waals surface area contributed by atoms with Crippen LogP contribution < -0.4 is 0 Å². The Labute approximate surface area is 110 Å². The van der Waals surface area contributed by atoms with Crippen LogP contribution in [0.5, 0.6) is 0 Å². The van der Waals surface area contributed by atoms with Crippen molar-refractivity contribution in [1.29, 1.82) is 0 Å². The lowest BCUT2D eigenvalue weighted by molar-refractivity contribution is 0.00714. The molecule has 0 saturated carbocycles. The minimum Gasteiger partial charge on any atom is -0.456 e. The largest absolute Gasteiger partial charge is 0.456 e. The van der Waals surface area contributed by atoms with E-state index < -0.39 is 5.60 Å². The van der Waals surface area contributed by atoms with Crippen LogP contribution in [-0.4, -0.2) is 21.5 Å². The van der Waals surface area contributed by atoms with E-state index in [9.17, 15) is 4.79 Å². The first-order valence-electron chi connectivity index (χ1n) is 5.65. The zero-order chi connectivity index (χ0) is 13.5. The lowest BCUT2D eigenvalue weighted by Crippen LogP contribution is -2.24. The molecule has 0 unspecified atom stereocenters. The fourth-order valence-corrected chi connectivity index (χ4v) is 1.97. The van der Waals surface area contributed by atoms with Crippen molar-refractivity contribution < 1.29 is 9.53 Å². The van der Waals surface area contributed by atoms with Gasteiger partial charge in [0.25, 0.3) is 0 Å². The first-order chi connectivity index (χ1) is 8.29. The maximum absolute atomic E-state index is 12.1. The molecule has 1 N–H and O–H groups in total. The Morgan fingerprint density at radius 3 is 2.72 bits per heavy atom. The zero-order valence-corrected chi connectivity index (χ0v) is 11.6. The first kappa shape index (κ1) is 12.9. The standard InChI is InChI=1S/C13H15ClN2O2/c1-7-5-15-10-9(7)8(6-16-11(10)14)12(17)18-13(2,3)4/h5-6,15H,1-4H3. The molecule has 0 aliphatic carbocycles. The Morgan fingerprint density at radius 1 is 1.44 bits per heavy atom. The average Bonchev–Trinajstić information content (AvgIpc) is 2.60. The van der Waals surface area contributed by atoms with Gasteiger partial charge in [-0.15, -0.1) is 0 Å². The van der Waals surface area contributed by atoms with E-state index in [1.54, 1.807) is 6.20 Å². The van der Waals surface area contributed by atoms with Crippen molar-refractivity contribution in [2.75, 3.05) is 0 Å². The van der Waals surface area contributed by atoms with Crippen LogP contribution >= 0.6 is 11.6 Å². The summed E-state index contributed by atoms with van der Waals surface area (Å²) in [6.45, 7) is 7.39.